The average Bonchev–Trinajstić information content (AvgIpc) is 2.81. The number of rotatable bonds is 4. The van der Waals surface area contributed by atoms with Crippen LogP contribution in [0.25, 0.3) is 0 Å². The van der Waals surface area contributed by atoms with E-state index in [1.165, 1.54) is 19.2 Å². The summed E-state index contributed by atoms with van der Waals surface area (Å²) < 4.78 is 23.7. The van der Waals surface area contributed by atoms with Crippen molar-refractivity contribution in [3.8, 4) is 5.75 Å². The van der Waals surface area contributed by atoms with Gasteiger partial charge in [-0.25, -0.2) is 4.39 Å². The van der Waals surface area contributed by atoms with Crippen molar-refractivity contribution in [2.45, 2.75) is 6.54 Å². The zero-order valence-corrected chi connectivity index (χ0v) is 9.37. The fourth-order valence-corrected chi connectivity index (χ4v) is 1.48. The second kappa shape index (κ2) is 4.78. The number of methoxy groups -OCH3 is 1. The second-order valence-electron chi connectivity index (χ2n) is 3.51. The van der Waals surface area contributed by atoms with Crippen LogP contribution in [0.5, 0.6) is 5.75 Å². The molecule has 90 valence electrons. The predicted octanol–water partition coefficient (Wildman–Crippen LogP) is 2.62. The van der Waals surface area contributed by atoms with Crippen molar-refractivity contribution in [3.05, 3.63) is 42.1 Å². The Labute approximate surface area is 98.2 Å². The summed E-state index contributed by atoms with van der Waals surface area (Å²) in [6.07, 6.45) is 1.57. The summed E-state index contributed by atoms with van der Waals surface area (Å²) in [5, 5.41) is 2.91. The summed E-state index contributed by atoms with van der Waals surface area (Å²) in [7, 11) is 1.49. The number of anilines is 2. The number of nitrogen functional groups attached to an aromatic ring is 1. The second-order valence-corrected chi connectivity index (χ2v) is 3.51. The van der Waals surface area contributed by atoms with Crippen LogP contribution in [0.1, 0.15) is 5.76 Å². The van der Waals surface area contributed by atoms with Crippen molar-refractivity contribution in [2.75, 3.05) is 18.2 Å². The van der Waals surface area contributed by atoms with Crippen LogP contribution in [0.2, 0.25) is 0 Å². The standard InChI is InChI=1S/C12H13FN2O2/c1-16-12-6-11(9(13)5-10(12)14)15-7-8-3-2-4-17-8/h2-6,15H,7,14H2,1H3. The van der Waals surface area contributed by atoms with Crippen LogP contribution < -0.4 is 15.8 Å². The largest absolute Gasteiger partial charge is 0.495 e. The van der Waals surface area contributed by atoms with Gasteiger partial charge in [-0.3, -0.25) is 0 Å². The molecule has 4 nitrogen and oxygen atoms in total. The van der Waals surface area contributed by atoms with Gasteiger partial charge in [0.15, 0.2) is 0 Å². The maximum atomic E-state index is 13.6. The summed E-state index contributed by atoms with van der Waals surface area (Å²) >= 11 is 0. The van der Waals surface area contributed by atoms with Crippen LogP contribution in [-0.4, -0.2) is 7.11 Å². The molecule has 2 rings (SSSR count). The fraction of sp³-hybridized carbons (Fsp3) is 0.167. The SMILES string of the molecule is COc1cc(NCc2ccco2)c(F)cc1N. The first-order valence-electron chi connectivity index (χ1n) is 5.10. The molecule has 1 aromatic heterocycles. The third kappa shape index (κ3) is 2.50. The normalized spacial score (nSPS) is 10.2. The van der Waals surface area contributed by atoms with Crippen LogP contribution in [-0.2, 0) is 6.54 Å². The Hall–Kier alpha value is -2.17. The smallest absolute Gasteiger partial charge is 0.148 e. The Morgan fingerprint density at radius 1 is 1.47 bits per heavy atom. The highest BCUT2D eigenvalue weighted by Gasteiger charge is 2.08. The maximum Gasteiger partial charge on any atom is 0.148 e. The zero-order chi connectivity index (χ0) is 12.3. The van der Waals surface area contributed by atoms with Gasteiger partial charge in [0.1, 0.15) is 17.3 Å². The molecule has 0 unspecified atom stereocenters. The number of furan rings is 1. The molecule has 0 spiro atoms. The number of benzene rings is 1. The lowest BCUT2D eigenvalue weighted by Crippen LogP contribution is -2.02. The molecule has 0 aliphatic heterocycles. The van der Waals surface area contributed by atoms with E-state index in [0.29, 0.717) is 18.0 Å². The van der Waals surface area contributed by atoms with E-state index in [1.807, 2.05) is 0 Å². The van der Waals surface area contributed by atoms with E-state index in [4.69, 9.17) is 14.9 Å². The molecule has 0 bridgehead atoms. The van der Waals surface area contributed by atoms with Crippen molar-refractivity contribution in [1.82, 2.24) is 0 Å². The minimum atomic E-state index is -0.421. The van der Waals surface area contributed by atoms with Gasteiger partial charge in [-0.1, -0.05) is 0 Å². The van der Waals surface area contributed by atoms with E-state index < -0.39 is 5.82 Å². The lowest BCUT2D eigenvalue weighted by molar-refractivity contribution is 0.416. The number of ether oxygens (including phenoxy) is 1. The Balaban J connectivity index is 2.15. The summed E-state index contributed by atoms with van der Waals surface area (Å²) in [6.45, 7) is 0.400. The highest BCUT2D eigenvalue weighted by atomic mass is 19.1. The first kappa shape index (κ1) is 11.3. The molecule has 1 aromatic carbocycles. The third-order valence-electron chi connectivity index (χ3n) is 2.35. The first-order chi connectivity index (χ1) is 8.20. The molecular formula is C12H13FN2O2. The van der Waals surface area contributed by atoms with Crippen LogP contribution in [0.3, 0.4) is 0 Å². The topological polar surface area (TPSA) is 60.4 Å². The quantitative estimate of drug-likeness (QED) is 0.801. The maximum absolute atomic E-state index is 13.6. The van der Waals surface area contributed by atoms with Gasteiger partial charge in [-0.05, 0) is 12.1 Å². The van der Waals surface area contributed by atoms with Crippen molar-refractivity contribution < 1.29 is 13.5 Å². The van der Waals surface area contributed by atoms with Gasteiger partial charge in [0, 0.05) is 12.1 Å². The molecule has 0 aliphatic carbocycles. The summed E-state index contributed by atoms with van der Waals surface area (Å²) in [5.41, 5.74) is 6.18. The van der Waals surface area contributed by atoms with Crippen LogP contribution in [0.15, 0.2) is 34.9 Å². The molecule has 3 N–H and O–H groups in total. The monoisotopic (exact) mass is 236 g/mol. The fourth-order valence-electron chi connectivity index (χ4n) is 1.48. The summed E-state index contributed by atoms with van der Waals surface area (Å²) in [4.78, 5) is 0. The lowest BCUT2D eigenvalue weighted by atomic mass is 10.2. The Morgan fingerprint density at radius 2 is 2.29 bits per heavy atom. The van der Waals surface area contributed by atoms with E-state index in [2.05, 4.69) is 5.32 Å². The predicted molar refractivity (Wildman–Crippen MR) is 63.4 cm³/mol. The number of nitrogens with two attached hydrogens (primary N) is 1. The minimum Gasteiger partial charge on any atom is -0.495 e. The van der Waals surface area contributed by atoms with E-state index >= 15 is 0 Å². The summed E-state index contributed by atoms with van der Waals surface area (Å²) in [5.74, 6) is 0.739. The molecule has 5 heteroatoms. The van der Waals surface area contributed by atoms with E-state index in [9.17, 15) is 4.39 Å². The molecule has 0 saturated carbocycles. The molecule has 0 saturated heterocycles. The van der Waals surface area contributed by atoms with Gasteiger partial charge in [0.2, 0.25) is 0 Å². The van der Waals surface area contributed by atoms with E-state index in [0.717, 1.165) is 5.76 Å². The molecule has 1 heterocycles. The van der Waals surface area contributed by atoms with Crippen molar-refractivity contribution in [3.63, 3.8) is 0 Å². The van der Waals surface area contributed by atoms with Crippen LogP contribution in [0, 0.1) is 5.82 Å². The molecule has 0 atom stereocenters. The molecule has 0 radical (unpaired) electrons. The molecular weight excluding hydrogens is 223 g/mol. The summed E-state index contributed by atoms with van der Waals surface area (Å²) in [6, 6.07) is 6.33. The Kier molecular flexibility index (Phi) is 3.18. The highest BCUT2D eigenvalue weighted by molar-refractivity contribution is 5.62. The van der Waals surface area contributed by atoms with Gasteiger partial charge in [0.25, 0.3) is 0 Å². The zero-order valence-electron chi connectivity index (χ0n) is 9.37. The average molecular weight is 236 g/mol. The van der Waals surface area contributed by atoms with E-state index in [-0.39, 0.29) is 5.69 Å². The van der Waals surface area contributed by atoms with Crippen molar-refractivity contribution in [2.24, 2.45) is 0 Å². The van der Waals surface area contributed by atoms with Gasteiger partial charge in [0.05, 0.1) is 31.3 Å². The lowest BCUT2D eigenvalue weighted by Gasteiger charge is -2.10. The van der Waals surface area contributed by atoms with E-state index in [1.54, 1.807) is 18.4 Å². The molecule has 17 heavy (non-hydrogen) atoms. The Morgan fingerprint density at radius 3 is 2.94 bits per heavy atom. The first-order valence-corrected chi connectivity index (χ1v) is 5.10. The van der Waals surface area contributed by atoms with Gasteiger partial charge >= 0.3 is 0 Å². The number of hydrogen-bond acceptors (Lipinski definition) is 4. The van der Waals surface area contributed by atoms with Gasteiger partial charge in [-0.2, -0.15) is 0 Å². The number of halogens is 1. The molecule has 0 fully saturated rings. The third-order valence-corrected chi connectivity index (χ3v) is 2.35. The number of hydrogen-bond donors (Lipinski definition) is 2. The Bertz CT molecular complexity index is 497. The van der Waals surface area contributed by atoms with Crippen molar-refractivity contribution >= 4 is 11.4 Å². The minimum absolute atomic E-state index is 0.272. The van der Waals surface area contributed by atoms with Crippen molar-refractivity contribution in [1.29, 1.82) is 0 Å². The number of nitrogens with one attached hydrogen (secondary N) is 1. The van der Waals surface area contributed by atoms with Gasteiger partial charge in [-0.15, -0.1) is 0 Å². The molecule has 0 amide bonds. The van der Waals surface area contributed by atoms with Crippen LogP contribution in [0.4, 0.5) is 15.8 Å². The molecule has 2 aromatic rings. The molecule has 0 aliphatic rings. The highest BCUT2D eigenvalue weighted by Crippen LogP contribution is 2.28. The van der Waals surface area contributed by atoms with Gasteiger partial charge < -0.3 is 20.2 Å². The van der Waals surface area contributed by atoms with Crippen LogP contribution >= 0.6 is 0 Å².